The maximum atomic E-state index is 11.1. The number of carbonyl (C=O) groups is 1. The minimum atomic E-state index is -0.872. The van der Waals surface area contributed by atoms with E-state index in [0.29, 0.717) is 23.8 Å². The molecule has 0 aromatic heterocycles. The molecule has 34 heavy (non-hydrogen) atoms. The third kappa shape index (κ3) is 7.42. The van der Waals surface area contributed by atoms with E-state index in [-0.39, 0.29) is 18.9 Å². The maximum absolute atomic E-state index is 11.1. The Bertz CT molecular complexity index is 1140. The summed E-state index contributed by atoms with van der Waals surface area (Å²) in [5, 5.41) is 13.1. The molecule has 0 aliphatic heterocycles. The summed E-state index contributed by atoms with van der Waals surface area (Å²) in [6.07, 6.45) is -0.0281. The SMILES string of the molecule is CC#CC(CC(=O)O)c1ccc(OCc2ccc(OCC(=NOC)c3ccccc3)cc2)cc1. The van der Waals surface area contributed by atoms with Crippen molar-refractivity contribution in [3.63, 3.8) is 0 Å². The first-order chi connectivity index (χ1) is 16.6. The van der Waals surface area contributed by atoms with Gasteiger partial charge < -0.3 is 19.4 Å². The molecule has 1 N–H and O–H groups in total. The van der Waals surface area contributed by atoms with E-state index in [1.807, 2.05) is 78.9 Å². The maximum Gasteiger partial charge on any atom is 0.304 e. The van der Waals surface area contributed by atoms with E-state index >= 15 is 0 Å². The molecule has 0 bridgehead atoms. The van der Waals surface area contributed by atoms with Crippen LogP contribution in [0.15, 0.2) is 84.0 Å². The molecule has 3 aromatic carbocycles. The van der Waals surface area contributed by atoms with Crippen molar-refractivity contribution in [2.45, 2.75) is 25.9 Å². The summed E-state index contributed by atoms with van der Waals surface area (Å²) in [5.74, 6) is 5.96. The standard InChI is InChI=1S/C28H27NO5/c1-3-7-24(18-28(30)31)22-12-16-26(17-13-22)33-19-21-10-14-25(15-11-21)34-20-27(29-32-2)23-8-5-4-6-9-23/h4-6,8-17,24H,18-20H2,1-2H3,(H,30,31). The number of aliphatic carboxylic acids is 1. The van der Waals surface area contributed by atoms with Gasteiger partial charge in [-0.1, -0.05) is 65.7 Å². The van der Waals surface area contributed by atoms with Crippen molar-refractivity contribution in [1.29, 1.82) is 0 Å². The first kappa shape index (κ1) is 24.4. The molecule has 1 unspecified atom stereocenters. The second kappa shape index (κ2) is 12.7. The van der Waals surface area contributed by atoms with Gasteiger partial charge >= 0.3 is 5.97 Å². The van der Waals surface area contributed by atoms with Gasteiger partial charge in [-0.2, -0.15) is 0 Å². The Morgan fingerprint density at radius 2 is 1.59 bits per heavy atom. The summed E-state index contributed by atoms with van der Waals surface area (Å²) in [6, 6.07) is 24.8. The third-order valence-electron chi connectivity index (χ3n) is 4.99. The van der Waals surface area contributed by atoms with E-state index in [0.717, 1.165) is 16.7 Å². The normalized spacial score (nSPS) is 11.6. The van der Waals surface area contributed by atoms with Crippen LogP contribution in [0.5, 0.6) is 11.5 Å². The van der Waals surface area contributed by atoms with Crippen LogP contribution in [0.4, 0.5) is 0 Å². The molecule has 0 aliphatic carbocycles. The lowest BCUT2D eigenvalue weighted by atomic mass is 9.96. The molecule has 0 aliphatic rings. The van der Waals surface area contributed by atoms with Gasteiger partial charge in [0.05, 0.1) is 12.3 Å². The zero-order valence-corrected chi connectivity index (χ0v) is 19.2. The number of hydrogen-bond donors (Lipinski definition) is 1. The lowest BCUT2D eigenvalue weighted by Gasteiger charge is -2.11. The second-order valence-electron chi connectivity index (χ2n) is 7.42. The van der Waals surface area contributed by atoms with Gasteiger partial charge in [0.2, 0.25) is 0 Å². The fourth-order valence-corrected chi connectivity index (χ4v) is 3.30. The monoisotopic (exact) mass is 457 g/mol. The largest absolute Gasteiger partial charge is 0.489 e. The molecule has 0 saturated heterocycles. The van der Waals surface area contributed by atoms with Crippen molar-refractivity contribution in [3.8, 4) is 23.3 Å². The Kier molecular flexibility index (Phi) is 9.12. The molecule has 6 nitrogen and oxygen atoms in total. The molecular formula is C28H27NO5. The van der Waals surface area contributed by atoms with E-state index in [1.165, 1.54) is 7.11 Å². The molecular weight excluding hydrogens is 430 g/mol. The average Bonchev–Trinajstić information content (AvgIpc) is 2.86. The number of oxime groups is 1. The summed E-state index contributed by atoms with van der Waals surface area (Å²) >= 11 is 0. The Balaban J connectivity index is 1.54. The number of carboxylic acids is 1. The number of benzene rings is 3. The Morgan fingerprint density at radius 3 is 2.21 bits per heavy atom. The molecule has 1 atom stereocenters. The molecule has 0 saturated carbocycles. The highest BCUT2D eigenvalue weighted by molar-refractivity contribution is 6.01. The fourth-order valence-electron chi connectivity index (χ4n) is 3.30. The van der Waals surface area contributed by atoms with E-state index in [1.54, 1.807) is 6.92 Å². The summed E-state index contributed by atoms with van der Waals surface area (Å²) < 4.78 is 11.7. The van der Waals surface area contributed by atoms with Crippen molar-refractivity contribution in [2.24, 2.45) is 5.16 Å². The van der Waals surface area contributed by atoms with E-state index in [9.17, 15) is 4.79 Å². The van der Waals surface area contributed by atoms with Crippen LogP contribution in [0.2, 0.25) is 0 Å². The molecule has 0 fully saturated rings. The number of nitrogens with zero attached hydrogens (tertiary/aromatic N) is 1. The zero-order chi connectivity index (χ0) is 24.2. The van der Waals surface area contributed by atoms with Gasteiger partial charge in [0.15, 0.2) is 0 Å². The highest BCUT2D eigenvalue weighted by Crippen LogP contribution is 2.23. The molecule has 0 spiro atoms. The van der Waals surface area contributed by atoms with Gasteiger partial charge in [0.25, 0.3) is 0 Å². The van der Waals surface area contributed by atoms with Crippen LogP contribution in [0.25, 0.3) is 0 Å². The predicted molar refractivity (Wildman–Crippen MR) is 131 cm³/mol. The number of hydrogen-bond acceptors (Lipinski definition) is 5. The first-order valence-electron chi connectivity index (χ1n) is 10.8. The lowest BCUT2D eigenvalue weighted by Crippen LogP contribution is -2.13. The Morgan fingerprint density at radius 1 is 0.941 bits per heavy atom. The van der Waals surface area contributed by atoms with Crippen LogP contribution in [-0.4, -0.2) is 30.5 Å². The first-order valence-corrected chi connectivity index (χ1v) is 10.8. The summed E-state index contributed by atoms with van der Waals surface area (Å²) in [6.45, 7) is 2.39. The van der Waals surface area contributed by atoms with Gasteiger partial charge in [0.1, 0.15) is 37.5 Å². The van der Waals surface area contributed by atoms with Crippen LogP contribution < -0.4 is 9.47 Å². The molecule has 0 radical (unpaired) electrons. The minimum absolute atomic E-state index is 0.0281. The fraction of sp³-hybridized carbons (Fsp3) is 0.214. The van der Waals surface area contributed by atoms with Crippen molar-refractivity contribution in [3.05, 3.63) is 95.6 Å². The van der Waals surface area contributed by atoms with E-state index < -0.39 is 5.97 Å². The number of carboxylic acid groups (broad SMARTS) is 1. The predicted octanol–water partition coefficient (Wildman–Crippen LogP) is 5.28. The van der Waals surface area contributed by atoms with Crippen LogP contribution in [0, 0.1) is 11.8 Å². The Hall–Kier alpha value is -4.24. The van der Waals surface area contributed by atoms with Crippen LogP contribution in [-0.2, 0) is 16.2 Å². The molecule has 174 valence electrons. The second-order valence-corrected chi connectivity index (χ2v) is 7.42. The Labute approximate surface area is 199 Å². The topological polar surface area (TPSA) is 77.4 Å². The lowest BCUT2D eigenvalue weighted by molar-refractivity contribution is -0.137. The van der Waals surface area contributed by atoms with E-state index in [2.05, 4.69) is 17.0 Å². The molecule has 0 heterocycles. The summed E-state index contributed by atoms with van der Waals surface area (Å²) in [5.41, 5.74) is 3.49. The van der Waals surface area contributed by atoms with Crippen molar-refractivity contribution in [2.75, 3.05) is 13.7 Å². The van der Waals surface area contributed by atoms with Crippen LogP contribution in [0.3, 0.4) is 0 Å². The van der Waals surface area contributed by atoms with Crippen LogP contribution >= 0.6 is 0 Å². The third-order valence-corrected chi connectivity index (χ3v) is 4.99. The molecule has 3 rings (SSSR count). The number of rotatable bonds is 11. The number of ether oxygens (including phenoxy) is 2. The van der Waals surface area contributed by atoms with Gasteiger partial charge in [0, 0.05) is 5.56 Å². The van der Waals surface area contributed by atoms with Gasteiger partial charge in [-0.05, 0) is 42.3 Å². The smallest absolute Gasteiger partial charge is 0.304 e. The van der Waals surface area contributed by atoms with Crippen molar-refractivity contribution in [1.82, 2.24) is 0 Å². The molecule has 3 aromatic rings. The van der Waals surface area contributed by atoms with Crippen LogP contribution in [0.1, 0.15) is 36.0 Å². The van der Waals surface area contributed by atoms with Crippen molar-refractivity contribution >= 4 is 11.7 Å². The quantitative estimate of drug-likeness (QED) is 0.241. The van der Waals surface area contributed by atoms with Crippen molar-refractivity contribution < 1.29 is 24.2 Å². The highest BCUT2D eigenvalue weighted by atomic mass is 16.6. The summed E-state index contributed by atoms with van der Waals surface area (Å²) in [4.78, 5) is 16.0. The van der Waals surface area contributed by atoms with Gasteiger partial charge in [-0.25, -0.2) is 0 Å². The van der Waals surface area contributed by atoms with Gasteiger partial charge in [-0.3, -0.25) is 4.79 Å². The molecule has 6 heteroatoms. The summed E-state index contributed by atoms with van der Waals surface area (Å²) in [7, 11) is 1.51. The minimum Gasteiger partial charge on any atom is -0.489 e. The van der Waals surface area contributed by atoms with E-state index in [4.69, 9.17) is 19.4 Å². The average molecular weight is 458 g/mol. The highest BCUT2D eigenvalue weighted by Gasteiger charge is 2.13. The molecule has 0 amide bonds. The zero-order valence-electron chi connectivity index (χ0n) is 19.2. The van der Waals surface area contributed by atoms with Gasteiger partial charge in [-0.15, -0.1) is 5.92 Å².